The zero-order valence-corrected chi connectivity index (χ0v) is 22.1. The van der Waals surface area contributed by atoms with Gasteiger partial charge in [-0.1, -0.05) is 23.2 Å². The molecule has 38 heavy (non-hydrogen) atoms. The number of likely N-dealkylation sites (N-methyl/N-ethyl adjacent to an activating group) is 1. The monoisotopic (exact) mass is 584 g/mol. The van der Waals surface area contributed by atoms with Gasteiger partial charge >= 0.3 is 6.61 Å². The average molecular weight is 585 g/mol. The van der Waals surface area contributed by atoms with Gasteiger partial charge in [0.2, 0.25) is 10.0 Å². The van der Waals surface area contributed by atoms with Gasteiger partial charge in [-0.05, 0) is 37.4 Å². The molecule has 14 heteroatoms. The Balaban J connectivity index is 1.66. The van der Waals surface area contributed by atoms with Gasteiger partial charge in [0, 0.05) is 49.3 Å². The van der Waals surface area contributed by atoms with Crippen molar-refractivity contribution < 1.29 is 31.1 Å². The summed E-state index contributed by atoms with van der Waals surface area (Å²) in [6.07, 6.45) is 2.59. The van der Waals surface area contributed by atoms with Crippen LogP contribution in [-0.2, 0) is 10.0 Å². The number of fused-ring (bicyclic) bond motifs is 3. The van der Waals surface area contributed by atoms with Gasteiger partial charge in [-0.15, -0.1) is 0 Å². The molecule has 0 spiro atoms. The van der Waals surface area contributed by atoms with Crippen LogP contribution in [-0.4, -0.2) is 68.4 Å². The Morgan fingerprint density at radius 2 is 1.79 bits per heavy atom. The number of piperazine rings is 1. The number of furan rings is 1. The van der Waals surface area contributed by atoms with Crippen molar-refractivity contribution in [3.05, 3.63) is 58.3 Å². The second kappa shape index (κ2) is 10.3. The number of nitrogens with one attached hydrogen (secondary N) is 1. The fourth-order valence-electron chi connectivity index (χ4n) is 4.26. The standard InChI is InChI=1S/C24H20Cl2F2N4O5S/c1-31-6-8-32(9-7-31)38(34,35)13-2-4-18-15(10-13)20-14(3-5-19(22(20)36-18)37-24(27)28)23(33)30-21-16(25)11-29-12-17(21)26/h2-5,10-12,24H,6-9H2,1H3,(H,29,30,33). The van der Waals surface area contributed by atoms with Gasteiger partial charge in [0.15, 0.2) is 11.3 Å². The van der Waals surface area contributed by atoms with Gasteiger partial charge in [-0.3, -0.25) is 9.78 Å². The van der Waals surface area contributed by atoms with Crippen LogP contribution < -0.4 is 10.1 Å². The Hall–Kier alpha value is -3.03. The van der Waals surface area contributed by atoms with Crippen LogP contribution in [0.3, 0.4) is 0 Å². The van der Waals surface area contributed by atoms with E-state index in [0.717, 1.165) is 0 Å². The topological polar surface area (TPSA) is 105 Å². The highest BCUT2D eigenvalue weighted by Crippen LogP contribution is 2.40. The van der Waals surface area contributed by atoms with Crippen molar-refractivity contribution in [1.29, 1.82) is 0 Å². The zero-order chi connectivity index (χ0) is 27.2. The summed E-state index contributed by atoms with van der Waals surface area (Å²) in [6.45, 7) is -1.37. The lowest BCUT2D eigenvalue weighted by Crippen LogP contribution is -2.46. The van der Waals surface area contributed by atoms with E-state index in [2.05, 4.69) is 15.0 Å². The first-order chi connectivity index (χ1) is 18.1. The smallest absolute Gasteiger partial charge is 0.387 e. The summed E-state index contributed by atoms with van der Waals surface area (Å²) >= 11 is 12.3. The predicted octanol–water partition coefficient (Wildman–Crippen LogP) is 5.08. The van der Waals surface area contributed by atoms with E-state index >= 15 is 0 Å². The number of rotatable bonds is 6. The van der Waals surface area contributed by atoms with E-state index in [0.29, 0.717) is 26.2 Å². The van der Waals surface area contributed by atoms with Crippen molar-refractivity contribution in [2.24, 2.45) is 0 Å². The minimum Gasteiger partial charge on any atom is -0.452 e. The summed E-state index contributed by atoms with van der Waals surface area (Å²) in [4.78, 5) is 19.2. The van der Waals surface area contributed by atoms with Crippen LogP contribution >= 0.6 is 23.2 Å². The van der Waals surface area contributed by atoms with Gasteiger partial charge in [0.25, 0.3) is 5.91 Å². The lowest BCUT2D eigenvalue weighted by Gasteiger charge is -2.31. The first-order valence-corrected chi connectivity index (χ1v) is 13.5. The fraction of sp³-hybridized carbons (Fsp3) is 0.250. The van der Waals surface area contributed by atoms with Crippen LogP contribution in [0.5, 0.6) is 5.75 Å². The lowest BCUT2D eigenvalue weighted by molar-refractivity contribution is -0.0493. The second-order valence-electron chi connectivity index (χ2n) is 8.59. The molecule has 1 aliphatic heterocycles. The number of halogens is 4. The number of aromatic nitrogens is 1. The minimum atomic E-state index is -3.87. The summed E-state index contributed by atoms with van der Waals surface area (Å²) in [5.41, 5.74) is 0.129. The Bertz CT molecular complexity index is 1640. The van der Waals surface area contributed by atoms with E-state index in [1.807, 2.05) is 11.9 Å². The maximum absolute atomic E-state index is 13.4. The molecule has 0 bridgehead atoms. The first kappa shape index (κ1) is 26.6. The molecule has 1 aliphatic rings. The van der Waals surface area contributed by atoms with Crippen molar-refractivity contribution in [3.63, 3.8) is 0 Å². The van der Waals surface area contributed by atoms with Crippen LogP contribution in [0.1, 0.15) is 10.4 Å². The molecule has 5 rings (SSSR count). The number of carbonyl (C=O) groups excluding carboxylic acids is 1. The van der Waals surface area contributed by atoms with Crippen LogP contribution in [0.25, 0.3) is 21.9 Å². The number of pyridine rings is 1. The average Bonchev–Trinajstić information content (AvgIpc) is 3.26. The van der Waals surface area contributed by atoms with E-state index in [1.165, 1.54) is 47.0 Å². The number of hydrogen-bond donors (Lipinski definition) is 1. The summed E-state index contributed by atoms with van der Waals surface area (Å²) in [7, 11) is -1.97. The molecule has 2 aromatic heterocycles. The molecule has 1 N–H and O–H groups in total. The molecule has 0 aliphatic carbocycles. The third kappa shape index (κ3) is 4.90. The second-order valence-corrected chi connectivity index (χ2v) is 11.3. The van der Waals surface area contributed by atoms with Crippen LogP contribution in [0.4, 0.5) is 14.5 Å². The third-order valence-electron chi connectivity index (χ3n) is 6.21. The number of nitrogens with zero attached hydrogens (tertiary/aromatic N) is 3. The normalized spacial score (nSPS) is 15.4. The van der Waals surface area contributed by atoms with Crippen LogP contribution in [0.2, 0.25) is 10.0 Å². The number of hydrogen-bond acceptors (Lipinski definition) is 7. The highest BCUT2D eigenvalue weighted by Gasteiger charge is 2.29. The molecule has 0 unspecified atom stereocenters. The fourth-order valence-corrected chi connectivity index (χ4v) is 6.17. The van der Waals surface area contributed by atoms with E-state index in [1.54, 1.807) is 0 Å². The number of sulfonamides is 1. The molecular weight excluding hydrogens is 565 g/mol. The molecular formula is C24H20Cl2F2N4O5S. The number of carbonyl (C=O) groups is 1. The molecule has 1 fully saturated rings. The van der Waals surface area contributed by atoms with Gasteiger partial charge in [-0.25, -0.2) is 8.42 Å². The maximum Gasteiger partial charge on any atom is 0.387 e. The molecule has 0 saturated carbocycles. The van der Waals surface area contributed by atoms with Gasteiger partial charge in [-0.2, -0.15) is 13.1 Å². The Kier molecular flexibility index (Phi) is 7.18. The van der Waals surface area contributed by atoms with Crippen molar-refractivity contribution in [2.45, 2.75) is 11.5 Å². The summed E-state index contributed by atoms with van der Waals surface area (Å²) in [6, 6.07) is 6.60. The third-order valence-corrected chi connectivity index (χ3v) is 8.67. The van der Waals surface area contributed by atoms with Gasteiger partial charge < -0.3 is 19.4 Å². The van der Waals surface area contributed by atoms with Crippen molar-refractivity contribution >= 4 is 66.8 Å². The van der Waals surface area contributed by atoms with Crippen LogP contribution in [0.15, 0.2) is 52.0 Å². The maximum atomic E-state index is 13.4. The minimum absolute atomic E-state index is 0.00143. The summed E-state index contributed by atoms with van der Waals surface area (Å²) in [5.74, 6) is -1.00. The molecule has 0 atom stereocenters. The molecule has 200 valence electrons. The lowest BCUT2D eigenvalue weighted by atomic mass is 10.0. The molecule has 4 aromatic rings. The van der Waals surface area contributed by atoms with Crippen molar-refractivity contribution in [1.82, 2.24) is 14.2 Å². The zero-order valence-electron chi connectivity index (χ0n) is 19.8. The Morgan fingerprint density at radius 3 is 2.45 bits per heavy atom. The van der Waals surface area contributed by atoms with E-state index in [4.69, 9.17) is 27.6 Å². The van der Waals surface area contributed by atoms with Gasteiger partial charge in [0.05, 0.1) is 26.2 Å². The Labute approximate surface area is 225 Å². The van der Waals surface area contributed by atoms with Gasteiger partial charge in [0.1, 0.15) is 5.58 Å². The molecule has 9 nitrogen and oxygen atoms in total. The summed E-state index contributed by atoms with van der Waals surface area (Å²) in [5, 5.41) is 3.08. The van der Waals surface area contributed by atoms with E-state index in [9.17, 15) is 22.0 Å². The highest BCUT2D eigenvalue weighted by atomic mass is 35.5. The molecule has 2 aromatic carbocycles. The molecule has 1 amide bonds. The van der Waals surface area contributed by atoms with Crippen LogP contribution in [0, 0.1) is 0 Å². The molecule has 0 radical (unpaired) electrons. The largest absolute Gasteiger partial charge is 0.452 e. The van der Waals surface area contributed by atoms with Crippen molar-refractivity contribution in [3.8, 4) is 5.75 Å². The SMILES string of the molecule is CN1CCN(S(=O)(=O)c2ccc3oc4c(OC(F)F)ccc(C(=O)Nc5c(Cl)cncc5Cl)c4c3c2)CC1. The number of alkyl halides is 2. The number of ether oxygens (including phenoxy) is 1. The van der Waals surface area contributed by atoms with Crippen molar-refractivity contribution in [2.75, 3.05) is 38.5 Å². The molecule has 3 heterocycles. The number of anilines is 1. The van der Waals surface area contributed by atoms with E-state index < -0.39 is 22.5 Å². The quantitative estimate of drug-likeness (QED) is 0.337. The predicted molar refractivity (Wildman–Crippen MR) is 139 cm³/mol. The number of amides is 1. The Morgan fingerprint density at radius 1 is 1.11 bits per heavy atom. The van der Waals surface area contributed by atoms with E-state index in [-0.39, 0.29) is 53.9 Å². The number of benzene rings is 2. The highest BCUT2D eigenvalue weighted by molar-refractivity contribution is 7.89. The first-order valence-electron chi connectivity index (χ1n) is 11.3. The summed E-state index contributed by atoms with van der Waals surface area (Å²) < 4.78 is 64.8. The molecule has 1 saturated heterocycles.